The molecule has 0 aliphatic carbocycles. The number of nitrogens with zero attached hydrogens (tertiary/aromatic N) is 3. The van der Waals surface area contributed by atoms with Crippen LogP contribution < -0.4 is 16.0 Å². The van der Waals surface area contributed by atoms with Crippen molar-refractivity contribution in [3.05, 3.63) is 42.1 Å². The molecule has 4 fully saturated rings. The smallest absolute Gasteiger partial charge is 0.255 e. The van der Waals surface area contributed by atoms with Crippen LogP contribution >= 0.6 is 0 Å². The normalized spacial score (nSPS) is 25.9. The van der Waals surface area contributed by atoms with E-state index in [1.54, 1.807) is 6.20 Å². The number of benzene rings is 1. The fraction of sp³-hybridized carbons (Fsp3) is 0.571. The van der Waals surface area contributed by atoms with Crippen LogP contribution in [0.1, 0.15) is 36.0 Å². The SMILES string of the molecule is Nc1ncc(-c2ccc(N3CC4(CCN(C5COC5)CC4)C3)cc2)cc1C(=O)N[C@@H]1CC[C@@H](CO)OC1. The number of ether oxygens (including phenoxy) is 2. The van der Waals surface area contributed by atoms with Gasteiger partial charge in [-0.05, 0) is 62.5 Å². The van der Waals surface area contributed by atoms with Crippen LogP contribution in [0.15, 0.2) is 36.5 Å². The molecule has 9 nitrogen and oxygen atoms in total. The van der Waals surface area contributed by atoms with Gasteiger partial charge in [0.15, 0.2) is 0 Å². The molecule has 198 valence electrons. The average molecular weight is 508 g/mol. The quantitative estimate of drug-likeness (QED) is 0.544. The van der Waals surface area contributed by atoms with E-state index >= 15 is 0 Å². The first-order valence-corrected chi connectivity index (χ1v) is 13.5. The molecule has 1 amide bonds. The number of rotatable bonds is 6. The average Bonchev–Trinajstić information content (AvgIpc) is 2.88. The lowest BCUT2D eigenvalue weighted by atomic mass is 9.71. The van der Waals surface area contributed by atoms with Crippen LogP contribution in [-0.2, 0) is 9.47 Å². The highest BCUT2D eigenvalue weighted by Gasteiger charge is 2.46. The summed E-state index contributed by atoms with van der Waals surface area (Å²) in [6, 6.07) is 10.9. The first-order valence-electron chi connectivity index (χ1n) is 13.5. The second kappa shape index (κ2) is 10.2. The van der Waals surface area contributed by atoms with Crippen LogP contribution in [0.4, 0.5) is 11.5 Å². The Bertz CT molecular complexity index is 1100. The maximum absolute atomic E-state index is 12.9. The molecule has 9 heteroatoms. The number of nitrogen functional groups attached to an aromatic ring is 1. The van der Waals surface area contributed by atoms with Crippen molar-refractivity contribution < 1.29 is 19.4 Å². The second-order valence-electron chi connectivity index (χ2n) is 11.2. The maximum atomic E-state index is 12.9. The number of hydrogen-bond acceptors (Lipinski definition) is 8. The van der Waals surface area contributed by atoms with E-state index in [9.17, 15) is 9.90 Å². The summed E-state index contributed by atoms with van der Waals surface area (Å²) in [5.74, 6) is -0.0362. The minimum Gasteiger partial charge on any atom is -0.394 e. The highest BCUT2D eigenvalue weighted by Crippen LogP contribution is 2.43. The third kappa shape index (κ3) is 5.05. The first-order chi connectivity index (χ1) is 18.0. The third-order valence-corrected chi connectivity index (χ3v) is 8.69. The van der Waals surface area contributed by atoms with Crippen molar-refractivity contribution in [1.29, 1.82) is 0 Å². The van der Waals surface area contributed by atoms with E-state index in [-0.39, 0.29) is 30.5 Å². The number of hydrogen-bond donors (Lipinski definition) is 3. The Morgan fingerprint density at radius 2 is 1.86 bits per heavy atom. The molecule has 4 aliphatic heterocycles. The molecule has 4 saturated heterocycles. The summed E-state index contributed by atoms with van der Waals surface area (Å²) in [5, 5.41) is 12.2. The van der Waals surface area contributed by atoms with Gasteiger partial charge in [0.2, 0.25) is 0 Å². The maximum Gasteiger partial charge on any atom is 0.255 e. The summed E-state index contributed by atoms with van der Waals surface area (Å²) in [4.78, 5) is 22.3. The molecule has 1 aromatic heterocycles. The molecule has 0 saturated carbocycles. The molecule has 1 spiro atoms. The number of pyridine rings is 1. The van der Waals surface area contributed by atoms with Gasteiger partial charge in [0.1, 0.15) is 5.82 Å². The highest BCUT2D eigenvalue weighted by molar-refractivity contribution is 5.99. The number of nitrogens with two attached hydrogens (primary N) is 1. The largest absolute Gasteiger partial charge is 0.394 e. The van der Waals surface area contributed by atoms with Crippen molar-refractivity contribution in [3.63, 3.8) is 0 Å². The Balaban J connectivity index is 1.06. The Morgan fingerprint density at radius 3 is 2.49 bits per heavy atom. The van der Waals surface area contributed by atoms with E-state index in [1.807, 2.05) is 6.07 Å². The number of likely N-dealkylation sites (tertiary alicyclic amines) is 1. The van der Waals surface area contributed by atoms with Crippen LogP contribution in [0.5, 0.6) is 0 Å². The summed E-state index contributed by atoms with van der Waals surface area (Å²) in [6.07, 6.45) is 5.60. The summed E-state index contributed by atoms with van der Waals surface area (Å²) in [7, 11) is 0. The van der Waals surface area contributed by atoms with Crippen LogP contribution in [0.25, 0.3) is 11.1 Å². The predicted octanol–water partition coefficient (Wildman–Crippen LogP) is 1.90. The number of aliphatic hydroxyl groups is 1. The molecule has 2 aromatic rings. The summed E-state index contributed by atoms with van der Waals surface area (Å²) >= 11 is 0. The van der Waals surface area contributed by atoms with E-state index in [4.69, 9.17) is 15.2 Å². The minimum atomic E-state index is -0.249. The van der Waals surface area contributed by atoms with Gasteiger partial charge in [-0.3, -0.25) is 9.69 Å². The monoisotopic (exact) mass is 507 g/mol. The Kier molecular flexibility index (Phi) is 6.79. The molecule has 0 radical (unpaired) electrons. The van der Waals surface area contributed by atoms with Gasteiger partial charge in [-0.1, -0.05) is 12.1 Å². The number of nitrogens with one attached hydrogen (secondary N) is 1. The predicted molar refractivity (Wildman–Crippen MR) is 141 cm³/mol. The number of carbonyl (C=O) groups excluding carboxylic acids is 1. The van der Waals surface area contributed by atoms with E-state index in [1.165, 1.54) is 31.6 Å². The van der Waals surface area contributed by atoms with Crippen molar-refractivity contribution in [2.75, 3.05) is 63.2 Å². The zero-order valence-corrected chi connectivity index (χ0v) is 21.3. The third-order valence-electron chi connectivity index (χ3n) is 8.69. The lowest BCUT2D eigenvalue weighted by Gasteiger charge is -2.56. The number of piperidine rings is 1. The van der Waals surface area contributed by atoms with Gasteiger partial charge in [0.05, 0.1) is 50.2 Å². The zero-order valence-electron chi connectivity index (χ0n) is 21.3. The van der Waals surface area contributed by atoms with Crippen LogP contribution in [0.2, 0.25) is 0 Å². The van der Waals surface area contributed by atoms with Crippen molar-refractivity contribution in [2.24, 2.45) is 5.41 Å². The molecule has 5 heterocycles. The van der Waals surface area contributed by atoms with Gasteiger partial charge in [-0.25, -0.2) is 4.98 Å². The molecular formula is C28H37N5O4. The number of amides is 1. The Labute approximate surface area is 217 Å². The zero-order chi connectivity index (χ0) is 25.4. The molecule has 6 rings (SSSR count). The molecule has 1 aromatic carbocycles. The summed E-state index contributed by atoms with van der Waals surface area (Å²) in [5.41, 5.74) is 10.00. The van der Waals surface area contributed by atoms with Gasteiger partial charge in [0.25, 0.3) is 5.91 Å². The number of anilines is 2. The lowest BCUT2D eigenvalue weighted by Crippen LogP contribution is -2.62. The molecule has 4 aliphatic rings. The van der Waals surface area contributed by atoms with Crippen LogP contribution in [0.3, 0.4) is 0 Å². The van der Waals surface area contributed by atoms with Gasteiger partial charge in [-0.15, -0.1) is 0 Å². The Hall–Kier alpha value is -2.72. The van der Waals surface area contributed by atoms with Crippen LogP contribution in [-0.4, -0.2) is 91.7 Å². The fourth-order valence-corrected chi connectivity index (χ4v) is 6.07. The molecule has 0 bridgehead atoms. The van der Waals surface area contributed by atoms with Crippen LogP contribution in [0, 0.1) is 5.41 Å². The topological polar surface area (TPSA) is 113 Å². The van der Waals surface area contributed by atoms with Crippen molar-refractivity contribution in [1.82, 2.24) is 15.2 Å². The van der Waals surface area contributed by atoms with Crippen molar-refractivity contribution in [2.45, 2.75) is 43.9 Å². The van der Waals surface area contributed by atoms with Crippen molar-refractivity contribution in [3.8, 4) is 11.1 Å². The fourth-order valence-electron chi connectivity index (χ4n) is 6.07. The van der Waals surface area contributed by atoms with E-state index < -0.39 is 0 Å². The van der Waals surface area contributed by atoms with Crippen molar-refractivity contribution >= 4 is 17.4 Å². The minimum absolute atomic E-state index is 0.00626. The summed E-state index contributed by atoms with van der Waals surface area (Å²) < 4.78 is 10.9. The van der Waals surface area contributed by atoms with Gasteiger partial charge in [-0.2, -0.15) is 0 Å². The molecular weight excluding hydrogens is 470 g/mol. The lowest BCUT2D eigenvalue weighted by molar-refractivity contribution is -0.0838. The van der Waals surface area contributed by atoms with E-state index in [0.29, 0.717) is 30.0 Å². The van der Waals surface area contributed by atoms with Gasteiger partial charge >= 0.3 is 0 Å². The molecule has 37 heavy (non-hydrogen) atoms. The molecule has 4 N–H and O–H groups in total. The first kappa shape index (κ1) is 24.6. The standard InChI is InChI=1S/C28H37N5O4/c29-26-25(27(35)31-21-3-6-24(13-34)37-14-21)11-20(12-30-26)19-1-4-22(5-2-19)33-17-28(18-33)7-9-32(10-8-28)23-15-36-16-23/h1-2,4-5,11-12,21,23-24,34H,3,6-10,13-18H2,(H2,29,30)(H,31,35)/t21-,24+/m1/s1. The number of aromatic nitrogens is 1. The summed E-state index contributed by atoms with van der Waals surface area (Å²) in [6.45, 7) is 6.84. The second-order valence-corrected chi connectivity index (χ2v) is 11.2. The van der Waals surface area contributed by atoms with Gasteiger partial charge in [0, 0.05) is 36.0 Å². The number of carbonyl (C=O) groups is 1. The Morgan fingerprint density at radius 1 is 1.11 bits per heavy atom. The molecule has 2 atom stereocenters. The van der Waals surface area contributed by atoms with Gasteiger partial charge < -0.3 is 30.5 Å². The highest BCUT2D eigenvalue weighted by atomic mass is 16.5. The van der Waals surface area contributed by atoms with E-state index in [0.717, 1.165) is 43.9 Å². The number of aliphatic hydroxyl groups excluding tert-OH is 1. The molecule has 0 unspecified atom stereocenters. The van der Waals surface area contributed by atoms with E-state index in [2.05, 4.69) is 44.4 Å².